The fourth-order valence-electron chi connectivity index (χ4n) is 2.99. The number of aromatic nitrogens is 2. The zero-order chi connectivity index (χ0) is 20.4. The van der Waals surface area contributed by atoms with Crippen LogP contribution in [0.15, 0.2) is 65.0 Å². The Balaban J connectivity index is 1.55. The molecule has 0 bridgehead atoms. The van der Waals surface area contributed by atoms with Crippen LogP contribution in [0.4, 0.5) is 0 Å². The summed E-state index contributed by atoms with van der Waals surface area (Å²) in [5.74, 6) is 0.417. The summed E-state index contributed by atoms with van der Waals surface area (Å²) in [7, 11) is 0. The highest BCUT2D eigenvalue weighted by Crippen LogP contribution is 2.30. The Morgan fingerprint density at radius 2 is 1.97 bits per heavy atom. The maximum absolute atomic E-state index is 13.0. The van der Waals surface area contributed by atoms with E-state index in [1.165, 1.54) is 22.2 Å². The van der Waals surface area contributed by atoms with Crippen LogP contribution >= 0.6 is 34.5 Å². The van der Waals surface area contributed by atoms with Crippen LogP contribution in [0.2, 0.25) is 10.0 Å². The van der Waals surface area contributed by atoms with E-state index in [1.807, 2.05) is 35.7 Å². The van der Waals surface area contributed by atoms with Crippen molar-refractivity contribution in [3.8, 4) is 16.9 Å². The molecule has 0 aliphatic carbocycles. The third-order valence-corrected chi connectivity index (χ3v) is 5.79. The van der Waals surface area contributed by atoms with Gasteiger partial charge in [-0.15, -0.1) is 11.3 Å². The second-order valence-electron chi connectivity index (χ2n) is 6.44. The monoisotopic (exact) mass is 446 g/mol. The van der Waals surface area contributed by atoms with E-state index in [2.05, 4.69) is 4.98 Å². The molecule has 2 heterocycles. The molecule has 5 nitrogen and oxygen atoms in total. The SMILES string of the molecule is O=c1c2c(-c3ccccc3)csc2ncn1C[C@@H](O)COc1ccc(Cl)cc1Cl. The van der Waals surface area contributed by atoms with E-state index >= 15 is 0 Å². The van der Waals surface area contributed by atoms with Gasteiger partial charge in [0.15, 0.2) is 0 Å². The van der Waals surface area contributed by atoms with E-state index in [-0.39, 0.29) is 18.7 Å². The van der Waals surface area contributed by atoms with Gasteiger partial charge in [-0.2, -0.15) is 0 Å². The number of hydrogen-bond donors (Lipinski definition) is 1. The molecule has 4 aromatic rings. The van der Waals surface area contributed by atoms with Gasteiger partial charge >= 0.3 is 0 Å². The van der Waals surface area contributed by atoms with Gasteiger partial charge in [-0.05, 0) is 23.8 Å². The minimum absolute atomic E-state index is 0.0268. The summed E-state index contributed by atoms with van der Waals surface area (Å²) in [6.45, 7) is 0.0259. The zero-order valence-corrected chi connectivity index (χ0v) is 17.4. The van der Waals surface area contributed by atoms with Crippen LogP contribution in [0.25, 0.3) is 21.3 Å². The molecule has 0 aliphatic heterocycles. The zero-order valence-electron chi connectivity index (χ0n) is 15.1. The highest BCUT2D eigenvalue weighted by Gasteiger charge is 2.15. The first-order chi connectivity index (χ1) is 14.0. The Kier molecular flexibility index (Phi) is 5.87. The lowest BCUT2D eigenvalue weighted by Gasteiger charge is -2.14. The van der Waals surface area contributed by atoms with E-state index in [9.17, 15) is 9.90 Å². The second kappa shape index (κ2) is 8.55. The van der Waals surface area contributed by atoms with E-state index in [1.54, 1.807) is 18.2 Å². The van der Waals surface area contributed by atoms with Crippen molar-refractivity contribution in [1.29, 1.82) is 0 Å². The van der Waals surface area contributed by atoms with Gasteiger partial charge in [0.05, 0.1) is 23.3 Å². The van der Waals surface area contributed by atoms with Gasteiger partial charge < -0.3 is 9.84 Å². The van der Waals surface area contributed by atoms with Crippen LogP contribution in [-0.2, 0) is 6.54 Å². The molecule has 4 rings (SSSR count). The van der Waals surface area contributed by atoms with Crippen LogP contribution in [0, 0.1) is 0 Å². The molecule has 0 amide bonds. The predicted molar refractivity (Wildman–Crippen MR) is 117 cm³/mol. The fraction of sp³-hybridized carbons (Fsp3) is 0.143. The Labute approximate surface area is 180 Å². The van der Waals surface area contributed by atoms with Crippen molar-refractivity contribution in [1.82, 2.24) is 9.55 Å². The van der Waals surface area contributed by atoms with Crippen molar-refractivity contribution in [3.63, 3.8) is 0 Å². The van der Waals surface area contributed by atoms with Crippen LogP contribution < -0.4 is 10.3 Å². The molecule has 148 valence electrons. The summed E-state index contributed by atoms with van der Waals surface area (Å²) in [5.41, 5.74) is 1.60. The number of hydrogen-bond acceptors (Lipinski definition) is 5. The van der Waals surface area contributed by atoms with Crippen LogP contribution in [0.3, 0.4) is 0 Å². The highest BCUT2D eigenvalue weighted by molar-refractivity contribution is 7.17. The number of nitrogens with zero attached hydrogens (tertiary/aromatic N) is 2. The summed E-state index contributed by atoms with van der Waals surface area (Å²) in [6, 6.07) is 14.5. The Morgan fingerprint density at radius 3 is 2.72 bits per heavy atom. The molecule has 8 heteroatoms. The lowest BCUT2D eigenvalue weighted by atomic mass is 10.1. The fourth-order valence-corrected chi connectivity index (χ4v) is 4.36. The molecular formula is C21H16Cl2N2O3S. The molecule has 0 fully saturated rings. The number of rotatable bonds is 6. The third kappa shape index (κ3) is 4.31. The van der Waals surface area contributed by atoms with Crippen molar-refractivity contribution in [2.75, 3.05) is 6.61 Å². The van der Waals surface area contributed by atoms with E-state index in [4.69, 9.17) is 27.9 Å². The van der Waals surface area contributed by atoms with Crippen LogP contribution in [0.1, 0.15) is 0 Å². The molecule has 1 N–H and O–H groups in total. The highest BCUT2D eigenvalue weighted by atomic mass is 35.5. The Bertz CT molecular complexity index is 1210. The van der Waals surface area contributed by atoms with Gasteiger partial charge in [-0.1, -0.05) is 53.5 Å². The molecule has 0 saturated heterocycles. The van der Waals surface area contributed by atoms with Gasteiger partial charge in [0.2, 0.25) is 0 Å². The first kappa shape index (κ1) is 19.9. The maximum atomic E-state index is 13.0. The van der Waals surface area contributed by atoms with E-state index in [0.717, 1.165) is 11.1 Å². The molecule has 0 spiro atoms. The normalized spacial score (nSPS) is 12.2. The number of fused-ring (bicyclic) bond motifs is 1. The maximum Gasteiger partial charge on any atom is 0.262 e. The molecule has 29 heavy (non-hydrogen) atoms. The molecule has 2 aromatic carbocycles. The molecule has 0 aliphatic rings. The summed E-state index contributed by atoms with van der Waals surface area (Å²) < 4.78 is 6.96. The van der Waals surface area contributed by atoms with Crippen molar-refractivity contribution in [2.24, 2.45) is 0 Å². The summed E-state index contributed by atoms with van der Waals surface area (Å²) >= 11 is 13.4. The molecule has 0 saturated carbocycles. The standard InChI is InChI=1S/C21H16Cl2N2O3S/c22-14-6-7-18(17(23)8-14)28-10-15(26)9-25-12-24-20-19(21(25)27)16(11-29-20)13-4-2-1-3-5-13/h1-8,11-12,15,26H,9-10H2/t15-/m1/s1. The molecule has 0 unspecified atom stereocenters. The first-order valence-corrected chi connectivity index (χ1v) is 10.4. The van der Waals surface area contributed by atoms with Gasteiger partial charge in [0.1, 0.15) is 23.3 Å². The molecular weight excluding hydrogens is 431 g/mol. The van der Waals surface area contributed by atoms with Crippen LogP contribution in [-0.4, -0.2) is 27.4 Å². The number of aliphatic hydroxyl groups is 1. The molecule has 2 aromatic heterocycles. The van der Waals surface area contributed by atoms with Gasteiger partial charge in [-0.25, -0.2) is 4.98 Å². The molecule has 0 radical (unpaired) electrons. The minimum Gasteiger partial charge on any atom is -0.489 e. The first-order valence-electron chi connectivity index (χ1n) is 8.81. The Morgan fingerprint density at radius 1 is 1.17 bits per heavy atom. The predicted octanol–water partition coefficient (Wildman–Crippen LogP) is 4.87. The van der Waals surface area contributed by atoms with E-state index < -0.39 is 6.10 Å². The number of halogens is 2. The summed E-state index contributed by atoms with van der Waals surface area (Å²) in [6.07, 6.45) is 0.534. The summed E-state index contributed by atoms with van der Waals surface area (Å²) in [5, 5.41) is 13.7. The van der Waals surface area contributed by atoms with Crippen molar-refractivity contribution in [2.45, 2.75) is 12.6 Å². The van der Waals surface area contributed by atoms with Crippen LogP contribution in [0.5, 0.6) is 5.75 Å². The smallest absolute Gasteiger partial charge is 0.262 e. The quantitative estimate of drug-likeness (QED) is 0.458. The summed E-state index contributed by atoms with van der Waals surface area (Å²) in [4.78, 5) is 18.1. The topological polar surface area (TPSA) is 64.4 Å². The third-order valence-electron chi connectivity index (χ3n) is 4.38. The van der Waals surface area contributed by atoms with Crippen molar-refractivity contribution >= 4 is 44.8 Å². The largest absolute Gasteiger partial charge is 0.489 e. The molecule has 1 atom stereocenters. The second-order valence-corrected chi connectivity index (χ2v) is 8.14. The average molecular weight is 447 g/mol. The number of thiophene rings is 1. The van der Waals surface area contributed by atoms with Gasteiger partial charge in [0, 0.05) is 16.0 Å². The number of aliphatic hydroxyl groups excluding tert-OH is 1. The lowest BCUT2D eigenvalue weighted by molar-refractivity contribution is 0.0915. The lowest BCUT2D eigenvalue weighted by Crippen LogP contribution is -2.30. The Hall–Kier alpha value is -2.38. The van der Waals surface area contributed by atoms with Gasteiger partial charge in [0.25, 0.3) is 5.56 Å². The van der Waals surface area contributed by atoms with Crippen molar-refractivity contribution < 1.29 is 9.84 Å². The number of ether oxygens (including phenoxy) is 1. The van der Waals surface area contributed by atoms with Crippen molar-refractivity contribution in [3.05, 3.63) is 80.6 Å². The van der Waals surface area contributed by atoms with E-state index in [0.29, 0.717) is 26.0 Å². The number of benzene rings is 2. The minimum atomic E-state index is -0.919. The average Bonchev–Trinajstić information content (AvgIpc) is 3.15. The van der Waals surface area contributed by atoms with Gasteiger partial charge in [-0.3, -0.25) is 9.36 Å².